The molecule has 96 valence electrons. The van der Waals surface area contributed by atoms with Crippen molar-refractivity contribution in [1.29, 1.82) is 0 Å². The van der Waals surface area contributed by atoms with Gasteiger partial charge in [-0.15, -0.1) is 34.3 Å². The van der Waals surface area contributed by atoms with E-state index in [4.69, 9.17) is 11.6 Å². The second kappa shape index (κ2) is 5.19. The summed E-state index contributed by atoms with van der Waals surface area (Å²) in [5.41, 5.74) is 0. The Morgan fingerprint density at radius 3 is 3.06 bits per heavy atom. The van der Waals surface area contributed by atoms with E-state index in [0.717, 1.165) is 30.7 Å². The Hall–Kier alpha value is -0.580. The molecule has 0 saturated heterocycles. The minimum absolute atomic E-state index is 0.0569. The first-order chi connectivity index (χ1) is 8.72. The molecule has 2 aromatic heterocycles. The van der Waals surface area contributed by atoms with E-state index in [1.54, 1.807) is 22.7 Å². The first kappa shape index (κ1) is 12.5. The number of thiophene rings is 2. The number of amides is 1. The van der Waals surface area contributed by atoms with Crippen molar-refractivity contribution in [3.05, 3.63) is 22.4 Å². The molecule has 2 atom stereocenters. The highest BCUT2D eigenvalue weighted by atomic mass is 35.5. The summed E-state index contributed by atoms with van der Waals surface area (Å²) in [6.07, 6.45) is 3.24. The monoisotopic (exact) mass is 299 g/mol. The van der Waals surface area contributed by atoms with E-state index in [2.05, 4.69) is 16.8 Å². The summed E-state index contributed by atoms with van der Waals surface area (Å²) in [6, 6.07) is 4.05. The van der Waals surface area contributed by atoms with Gasteiger partial charge in [-0.1, -0.05) is 0 Å². The fraction of sp³-hybridized carbons (Fsp3) is 0.462. The zero-order valence-electron chi connectivity index (χ0n) is 9.82. The van der Waals surface area contributed by atoms with E-state index in [1.165, 1.54) is 9.40 Å². The molecule has 0 aliphatic heterocycles. The van der Waals surface area contributed by atoms with E-state index in [-0.39, 0.29) is 5.91 Å². The van der Waals surface area contributed by atoms with Crippen LogP contribution in [0.15, 0.2) is 17.5 Å². The number of alkyl halides is 1. The minimum Gasteiger partial charge on any atom is -0.351 e. The van der Waals surface area contributed by atoms with Crippen LogP contribution in [0.2, 0.25) is 0 Å². The largest absolute Gasteiger partial charge is 0.351 e. The van der Waals surface area contributed by atoms with Crippen molar-refractivity contribution in [2.45, 2.75) is 24.6 Å². The number of hydrogen-bond acceptors (Lipinski definition) is 3. The lowest BCUT2D eigenvalue weighted by Crippen LogP contribution is -2.27. The number of carbonyl (C=O) groups is 1. The Labute approximate surface area is 119 Å². The number of fused-ring (bicyclic) bond motifs is 1. The Morgan fingerprint density at radius 1 is 1.44 bits per heavy atom. The van der Waals surface area contributed by atoms with Crippen LogP contribution in [0, 0.1) is 5.92 Å². The van der Waals surface area contributed by atoms with Crippen LogP contribution in [0.3, 0.4) is 0 Å². The minimum atomic E-state index is 0.0569. The van der Waals surface area contributed by atoms with Crippen LogP contribution in [0.25, 0.3) is 9.40 Å². The van der Waals surface area contributed by atoms with Crippen LogP contribution in [0.5, 0.6) is 0 Å². The smallest absolute Gasteiger partial charge is 0.261 e. The van der Waals surface area contributed by atoms with Crippen molar-refractivity contribution < 1.29 is 4.79 Å². The first-order valence-electron chi connectivity index (χ1n) is 6.11. The maximum atomic E-state index is 12.0. The molecule has 0 radical (unpaired) electrons. The highest BCUT2D eigenvalue weighted by molar-refractivity contribution is 7.27. The van der Waals surface area contributed by atoms with Crippen molar-refractivity contribution in [2.24, 2.45) is 5.92 Å². The Balaban J connectivity index is 1.59. The van der Waals surface area contributed by atoms with Crippen molar-refractivity contribution >= 4 is 49.6 Å². The molecule has 3 rings (SSSR count). The summed E-state index contributed by atoms with van der Waals surface area (Å²) in [5, 5.41) is 5.39. The molecule has 0 bridgehead atoms. The lowest BCUT2D eigenvalue weighted by Gasteiger charge is -2.09. The summed E-state index contributed by atoms with van der Waals surface area (Å²) in [4.78, 5) is 12.8. The van der Waals surface area contributed by atoms with Crippen molar-refractivity contribution in [3.8, 4) is 0 Å². The van der Waals surface area contributed by atoms with Gasteiger partial charge in [-0.3, -0.25) is 4.79 Å². The van der Waals surface area contributed by atoms with E-state index in [0.29, 0.717) is 11.3 Å². The van der Waals surface area contributed by atoms with Gasteiger partial charge in [0, 0.05) is 21.3 Å². The highest BCUT2D eigenvalue weighted by Gasteiger charge is 2.23. The van der Waals surface area contributed by atoms with Crippen LogP contribution >= 0.6 is 34.3 Å². The van der Waals surface area contributed by atoms with Gasteiger partial charge in [-0.05, 0) is 42.7 Å². The number of nitrogens with one attached hydrogen (secondary N) is 1. The van der Waals surface area contributed by atoms with Crippen LogP contribution in [0.4, 0.5) is 0 Å². The molecule has 2 aromatic rings. The second-order valence-electron chi connectivity index (χ2n) is 4.75. The lowest BCUT2D eigenvalue weighted by atomic mass is 10.1. The molecule has 1 saturated carbocycles. The third-order valence-corrected chi connectivity index (χ3v) is 5.88. The molecule has 1 aliphatic carbocycles. The number of halogens is 1. The molecule has 2 heterocycles. The molecule has 1 N–H and O–H groups in total. The number of hydrogen-bond donors (Lipinski definition) is 1. The van der Waals surface area contributed by atoms with Gasteiger partial charge >= 0.3 is 0 Å². The molecule has 0 aromatic carbocycles. The predicted octanol–water partition coefficient (Wildman–Crippen LogP) is 4.10. The zero-order chi connectivity index (χ0) is 12.5. The number of rotatable bonds is 3. The fourth-order valence-corrected chi connectivity index (χ4v) is 4.80. The molecule has 0 spiro atoms. The Morgan fingerprint density at radius 2 is 2.33 bits per heavy atom. The van der Waals surface area contributed by atoms with E-state index in [9.17, 15) is 4.79 Å². The van der Waals surface area contributed by atoms with Crippen LogP contribution in [0.1, 0.15) is 28.9 Å². The summed E-state index contributed by atoms with van der Waals surface area (Å²) in [5.74, 6) is 0.610. The van der Waals surface area contributed by atoms with Gasteiger partial charge in [-0.25, -0.2) is 0 Å². The van der Waals surface area contributed by atoms with Crippen LogP contribution in [-0.2, 0) is 0 Å². The molecule has 1 amide bonds. The van der Waals surface area contributed by atoms with Crippen molar-refractivity contribution in [3.63, 3.8) is 0 Å². The lowest BCUT2D eigenvalue weighted by molar-refractivity contribution is 0.0951. The Bertz CT molecular complexity index is 534. The molecule has 1 aliphatic rings. The molecule has 18 heavy (non-hydrogen) atoms. The van der Waals surface area contributed by atoms with E-state index >= 15 is 0 Å². The standard InChI is InChI=1S/C13H14ClNOS2/c14-9-2-1-8(5-9)7-15-13(16)12-6-11-10(18-12)3-4-17-11/h3-4,6,8-9H,1-2,5,7H2,(H,15,16). The van der Waals surface area contributed by atoms with Gasteiger partial charge in [0.15, 0.2) is 0 Å². The summed E-state index contributed by atoms with van der Waals surface area (Å²) in [6.45, 7) is 0.758. The van der Waals surface area contributed by atoms with Gasteiger partial charge in [0.1, 0.15) is 0 Å². The summed E-state index contributed by atoms with van der Waals surface area (Å²) < 4.78 is 2.40. The highest BCUT2D eigenvalue weighted by Crippen LogP contribution is 2.31. The third kappa shape index (κ3) is 2.56. The fourth-order valence-electron chi connectivity index (χ4n) is 2.40. The molecule has 2 nitrogen and oxygen atoms in total. The second-order valence-corrected chi connectivity index (χ2v) is 7.39. The SMILES string of the molecule is O=C(NCC1CCC(Cl)C1)c1cc2sccc2s1. The molecular formula is C13H14ClNOS2. The van der Waals surface area contributed by atoms with Gasteiger partial charge in [0.2, 0.25) is 0 Å². The van der Waals surface area contributed by atoms with Crippen molar-refractivity contribution in [2.75, 3.05) is 6.54 Å². The molecular weight excluding hydrogens is 286 g/mol. The number of carbonyl (C=O) groups excluding carboxylic acids is 1. The quantitative estimate of drug-likeness (QED) is 0.849. The van der Waals surface area contributed by atoms with Gasteiger partial charge in [0.05, 0.1) is 4.88 Å². The predicted molar refractivity (Wildman–Crippen MR) is 79.0 cm³/mol. The van der Waals surface area contributed by atoms with Crippen LogP contribution < -0.4 is 5.32 Å². The first-order valence-corrected chi connectivity index (χ1v) is 8.25. The average Bonchev–Trinajstić information content (AvgIpc) is 3.00. The van der Waals surface area contributed by atoms with Crippen LogP contribution in [-0.4, -0.2) is 17.8 Å². The Kier molecular flexibility index (Phi) is 3.59. The normalized spacial score (nSPS) is 23.6. The maximum absolute atomic E-state index is 12.0. The maximum Gasteiger partial charge on any atom is 0.261 e. The summed E-state index contributed by atoms with van der Waals surface area (Å²) >= 11 is 9.32. The van der Waals surface area contributed by atoms with Crippen molar-refractivity contribution in [1.82, 2.24) is 5.32 Å². The topological polar surface area (TPSA) is 29.1 Å². The zero-order valence-corrected chi connectivity index (χ0v) is 12.2. The van der Waals surface area contributed by atoms with E-state index < -0.39 is 0 Å². The molecule has 2 unspecified atom stereocenters. The summed E-state index contributed by atoms with van der Waals surface area (Å²) in [7, 11) is 0. The van der Waals surface area contributed by atoms with Gasteiger partial charge in [-0.2, -0.15) is 0 Å². The van der Waals surface area contributed by atoms with E-state index in [1.807, 2.05) is 6.07 Å². The molecule has 1 fully saturated rings. The average molecular weight is 300 g/mol. The molecule has 5 heteroatoms. The van der Waals surface area contributed by atoms with Gasteiger partial charge < -0.3 is 5.32 Å². The third-order valence-electron chi connectivity index (χ3n) is 3.39. The van der Waals surface area contributed by atoms with Gasteiger partial charge in [0.25, 0.3) is 5.91 Å².